The molecule has 0 fully saturated rings. The highest BCUT2D eigenvalue weighted by atomic mass is 35.5. The summed E-state index contributed by atoms with van der Waals surface area (Å²) < 4.78 is 0. The highest BCUT2D eigenvalue weighted by Crippen LogP contribution is 2.38. The third kappa shape index (κ3) is 2.86. The van der Waals surface area contributed by atoms with Gasteiger partial charge in [-0.15, -0.1) is 0 Å². The van der Waals surface area contributed by atoms with Gasteiger partial charge in [-0.2, -0.15) is 0 Å². The normalized spacial score (nSPS) is 10.4. The first-order valence-electron chi connectivity index (χ1n) is 4.54. The van der Waals surface area contributed by atoms with Crippen LogP contribution in [0.2, 0.25) is 15.1 Å². The first-order chi connectivity index (χ1) is 7.66. The lowest BCUT2D eigenvalue weighted by Crippen LogP contribution is -1.77. The molecule has 0 saturated carbocycles. The molecule has 0 nitrogen and oxygen atoms in total. The molecule has 4 heteroatoms. The predicted molar refractivity (Wildman–Crippen MR) is 72.0 cm³/mol. The maximum absolute atomic E-state index is 6.08. The second kappa shape index (κ2) is 5.33. The molecule has 0 bridgehead atoms. The van der Waals surface area contributed by atoms with E-state index in [-0.39, 0.29) is 0 Å². The minimum absolute atomic E-state index is 0.660. The fourth-order valence-electron chi connectivity index (χ4n) is 1.20. The van der Waals surface area contributed by atoms with Crippen LogP contribution in [0.25, 0.3) is 0 Å². The van der Waals surface area contributed by atoms with E-state index in [1.807, 2.05) is 42.5 Å². The lowest BCUT2D eigenvalue weighted by atomic mass is 10.4. The summed E-state index contributed by atoms with van der Waals surface area (Å²) in [6.45, 7) is 0. The molecule has 0 aliphatic heterocycles. The van der Waals surface area contributed by atoms with Gasteiger partial charge in [-0.05, 0) is 36.4 Å². The van der Waals surface area contributed by atoms with Crippen molar-refractivity contribution in [2.45, 2.75) is 9.79 Å². The summed E-state index contributed by atoms with van der Waals surface area (Å²) in [7, 11) is 0. The second-order valence-electron chi connectivity index (χ2n) is 3.11. The van der Waals surface area contributed by atoms with Gasteiger partial charge in [0.25, 0.3) is 0 Å². The van der Waals surface area contributed by atoms with Gasteiger partial charge in [0.1, 0.15) is 0 Å². The Hall–Kier alpha value is -0.340. The predicted octanol–water partition coefficient (Wildman–Crippen LogP) is 5.80. The van der Waals surface area contributed by atoms with Gasteiger partial charge in [-0.25, -0.2) is 0 Å². The summed E-state index contributed by atoms with van der Waals surface area (Å²) in [4.78, 5) is 1.92. The molecule has 0 aliphatic rings. The molecular weight excluding hydrogens is 283 g/mol. The third-order valence-corrected chi connectivity index (χ3v) is 4.21. The summed E-state index contributed by atoms with van der Waals surface area (Å²) in [5.41, 5.74) is 0. The van der Waals surface area contributed by atoms with E-state index >= 15 is 0 Å². The van der Waals surface area contributed by atoms with Gasteiger partial charge in [0.15, 0.2) is 0 Å². The fraction of sp³-hybridized carbons (Fsp3) is 0. The van der Waals surface area contributed by atoms with Crippen molar-refractivity contribution in [3.8, 4) is 0 Å². The zero-order chi connectivity index (χ0) is 11.5. The van der Waals surface area contributed by atoms with Gasteiger partial charge < -0.3 is 0 Å². The van der Waals surface area contributed by atoms with Gasteiger partial charge >= 0.3 is 0 Å². The molecule has 16 heavy (non-hydrogen) atoms. The summed E-state index contributed by atoms with van der Waals surface area (Å²) in [6.07, 6.45) is 0. The topological polar surface area (TPSA) is 0 Å². The third-order valence-electron chi connectivity index (χ3n) is 1.95. The molecular formula is C12H7Cl3S. The van der Waals surface area contributed by atoms with Crippen molar-refractivity contribution in [2.24, 2.45) is 0 Å². The van der Waals surface area contributed by atoms with Crippen LogP contribution in [0.5, 0.6) is 0 Å². The minimum atomic E-state index is 0.660. The van der Waals surface area contributed by atoms with Crippen molar-refractivity contribution in [2.75, 3.05) is 0 Å². The molecule has 0 aromatic heterocycles. The fourth-order valence-corrected chi connectivity index (χ4v) is 2.79. The number of hydrogen-bond donors (Lipinski definition) is 0. The Morgan fingerprint density at radius 3 is 1.88 bits per heavy atom. The van der Waals surface area contributed by atoms with Crippen LogP contribution in [0.4, 0.5) is 0 Å². The lowest BCUT2D eigenvalue weighted by Gasteiger charge is -2.06. The zero-order valence-electron chi connectivity index (χ0n) is 8.08. The molecule has 0 radical (unpaired) electrons. The Labute approximate surface area is 114 Å². The SMILES string of the molecule is Clc1ccc(Sc2c(Cl)cccc2Cl)cc1. The Kier molecular flexibility index (Phi) is 4.04. The van der Waals surface area contributed by atoms with Crippen LogP contribution in [0.1, 0.15) is 0 Å². The van der Waals surface area contributed by atoms with Crippen molar-refractivity contribution < 1.29 is 0 Å². The lowest BCUT2D eigenvalue weighted by molar-refractivity contribution is 1.41. The monoisotopic (exact) mass is 288 g/mol. The molecule has 2 aromatic carbocycles. The van der Waals surface area contributed by atoms with Crippen LogP contribution < -0.4 is 0 Å². The summed E-state index contributed by atoms with van der Waals surface area (Å²) in [5, 5.41) is 2.04. The van der Waals surface area contributed by atoms with Crippen LogP contribution >= 0.6 is 46.6 Å². The first kappa shape index (κ1) is 12.1. The zero-order valence-corrected chi connectivity index (χ0v) is 11.2. The molecule has 0 saturated heterocycles. The maximum atomic E-state index is 6.08. The largest absolute Gasteiger partial charge is 0.0870 e. The van der Waals surface area contributed by atoms with E-state index in [4.69, 9.17) is 34.8 Å². The molecule has 0 spiro atoms. The Morgan fingerprint density at radius 2 is 1.31 bits per heavy atom. The van der Waals surface area contributed by atoms with Crippen molar-refractivity contribution >= 4 is 46.6 Å². The number of rotatable bonds is 2. The molecule has 0 atom stereocenters. The van der Waals surface area contributed by atoms with Crippen LogP contribution in [0.3, 0.4) is 0 Å². The standard InChI is InChI=1S/C12H7Cl3S/c13-8-4-6-9(7-5-8)16-12-10(14)2-1-3-11(12)15/h1-7H. The van der Waals surface area contributed by atoms with E-state index in [1.54, 1.807) is 0 Å². The smallest absolute Gasteiger partial charge is 0.0560 e. The van der Waals surface area contributed by atoms with Crippen LogP contribution in [-0.4, -0.2) is 0 Å². The Morgan fingerprint density at radius 1 is 0.750 bits per heavy atom. The molecule has 0 unspecified atom stereocenters. The van der Waals surface area contributed by atoms with Gasteiger partial charge in [0, 0.05) is 14.8 Å². The Balaban J connectivity index is 2.30. The van der Waals surface area contributed by atoms with E-state index in [0.717, 1.165) is 14.8 Å². The average molecular weight is 290 g/mol. The summed E-state index contributed by atoms with van der Waals surface area (Å²) in [6, 6.07) is 13.0. The van der Waals surface area contributed by atoms with E-state index in [2.05, 4.69) is 0 Å². The molecule has 2 aromatic rings. The molecule has 0 aliphatic carbocycles. The highest BCUT2D eigenvalue weighted by molar-refractivity contribution is 7.99. The van der Waals surface area contributed by atoms with E-state index in [9.17, 15) is 0 Å². The van der Waals surface area contributed by atoms with Crippen molar-refractivity contribution in [1.82, 2.24) is 0 Å². The number of halogens is 3. The molecule has 82 valence electrons. The summed E-state index contributed by atoms with van der Waals surface area (Å²) >= 11 is 19.5. The summed E-state index contributed by atoms with van der Waals surface area (Å²) in [5.74, 6) is 0. The minimum Gasteiger partial charge on any atom is -0.0870 e. The average Bonchev–Trinajstić information content (AvgIpc) is 2.26. The second-order valence-corrected chi connectivity index (χ2v) is 5.44. The van der Waals surface area contributed by atoms with Crippen LogP contribution in [0, 0.1) is 0 Å². The molecule has 0 amide bonds. The van der Waals surface area contributed by atoms with Gasteiger partial charge in [0.2, 0.25) is 0 Å². The van der Waals surface area contributed by atoms with Gasteiger partial charge in [0.05, 0.1) is 10.0 Å². The quantitative estimate of drug-likeness (QED) is 0.673. The van der Waals surface area contributed by atoms with Crippen LogP contribution in [0.15, 0.2) is 52.3 Å². The maximum Gasteiger partial charge on any atom is 0.0560 e. The highest BCUT2D eigenvalue weighted by Gasteiger charge is 2.06. The van der Waals surface area contributed by atoms with Crippen molar-refractivity contribution in [3.63, 3.8) is 0 Å². The molecule has 0 N–H and O–H groups in total. The Bertz CT molecular complexity index is 474. The van der Waals surface area contributed by atoms with Crippen LogP contribution in [-0.2, 0) is 0 Å². The number of hydrogen-bond acceptors (Lipinski definition) is 1. The van der Waals surface area contributed by atoms with E-state index < -0.39 is 0 Å². The van der Waals surface area contributed by atoms with Gasteiger partial charge in [-0.3, -0.25) is 0 Å². The van der Waals surface area contributed by atoms with Crippen molar-refractivity contribution in [1.29, 1.82) is 0 Å². The molecule has 2 rings (SSSR count). The number of benzene rings is 2. The molecule has 0 heterocycles. The van der Waals surface area contributed by atoms with E-state index in [0.29, 0.717) is 10.0 Å². The van der Waals surface area contributed by atoms with Crippen molar-refractivity contribution in [3.05, 3.63) is 57.5 Å². The van der Waals surface area contributed by atoms with Gasteiger partial charge in [-0.1, -0.05) is 52.6 Å². The van der Waals surface area contributed by atoms with E-state index in [1.165, 1.54) is 11.8 Å². The first-order valence-corrected chi connectivity index (χ1v) is 6.49.